The molecule has 4 aromatic rings. The maximum Gasteiger partial charge on any atom is 0.225 e. The molecule has 0 unspecified atom stereocenters. The Morgan fingerprint density at radius 1 is 1.20 bits per heavy atom. The van der Waals surface area contributed by atoms with Gasteiger partial charge in [-0.25, -0.2) is 14.4 Å². The van der Waals surface area contributed by atoms with Gasteiger partial charge in [0.25, 0.3) is 0 Å². The molecule has 0 spiro atoms. The summed E-state index contributed by atoms with van der Waals surface area (Å²) in [5.41, 5.74) is 3.96. The molecule has 35 heavy (non-hydrogen) atoms. The summed E-state index contributed by atoms with van der Waals surface area (Å²) in [5.74, 6) is 0.524. The molecule has 1 fully saturated rings. The molecule has 5 rings (SSSR count). The highest BCUT2D eigenvalue weighted by molar-refractivity contribution is 7.98. The molecule has 1 aliphatic heterocycles. The minimum Gasteiger partial charge on any atom is -0.355 e. The standard InChI is InChI=1S/C27H28FN5OS/c1-17-5-8-19(12-23(17)28)24-13-22-25(32-24)30-16-31-26(22)33-11-3-4-20(15-33)27(34)29-14-18-6-9-21(35-2)10-7-18/h5-10,12-13,16,20H,3-4,11,14-15H2,1-2H3,(H,29,34)(H,30,31,32)/t20-/m0/s1. The van der Waals surface area contributed by atoms with E-state index >= 15 is 0 Å². The first-order chi connectivity index (χ1) is 17.0. The number of thioether (sulfide) groups is 1. The Bertz CT molecular complexity index is 1350. The number of aryl methyl sites for hydroxylation is 1. The van der Waals surface area contributed by atoms with Crippen LogP contribution in [0.3, 0.4) is 0 Å². The summed E-state index contributed by atoms with van der Waals surface area (Å²) in [6.45, 7) is 3.70. The third-order valence-corrected chi connectivity index (χ3v) is 7.35. The lowest BCUT2D eigenvalue weighted by Gasteiger charge is -2.33. The van der Waals surface area contributed by atoms with Gasteiger partial charge in [-0.1, -0.05) is 24.3 Å². The first kappa shape index (κ1) is 23.4. The molecular formula is C27H28FN5OS. The van der Waals surface area contributed by atoms with Crippen molar-refractivity contribution in [3.8, 4) is 11.3 Å². The molecule has 1 saturated heterocycles. The van der Waals surface area contributed by atoms with Crippen LogP contribution < -0.4 is 10.2 Å². The van der Waals surface area contributed by atoms with E-state index in [4.69, 9.17) is 0 Å². The first-order valence-electron chi connectivity index (χ1n) is 11.8. The average Bonchev–Trinajstić information content (AvgIpc) is 3.34. The van der Waals surface area contributed by atoms with Gasteiger partial charge in [0.05, 0.1) is 11.3 Å². The van der Waals surface area contributed by atoms with Crippen molar-refractivity contribution < 1.29 is 9.18 Å². The van der Waals surface area contributed by atoms with Gasteiger partial charge in [-0.05, 0) is 61.4 Å². The van der Waals surface area contributed by atoms with Crippen LogP contribution in [0.4, 0.5) is 10.2 Å². The highest BCUT2D eigenvalue weighted by Crippen LogP contribution is 2.31. The number of aromatic amines is 1. The third-order valence-electron chi connectivity index (χ3n) is 6.60. The van der Waals surface area contributed by atoms with E-state index in [0.29, 0.717) is 24.3 Å². The van der Waals surface area contributed by atoms with Crippen LogP contribution in [0.2, 0.25) is 0 Å². The second kappa shape index (κ2) is 10.1. The zero-order valence-electron chi connectivity index (χ0n) is 19.8. The first-order valence-corrected chi connectivity index (χ1v) is 13.0. The zero-order chi connectivity index (χ0) is 24.4. The van der Waals surface area contributed by atoms with Crippen LogP contribution in [0, 0.1) is 18.7 Å². The van der Waals surface area contributed by atoms with Crippen molar-refractivity contribution in [3.05, 3.63) is 71.8 Å². The van der Waals surface area contributed by atoms with Crippen molar-refractivity contribution >= 4 is 34.5 Å². The minimum absolute atomic E-state index is 0.0684. The van der Waals surface area contributed by atoms with E-state index in [0.717, 1.165) is 47.4 Å². The van der Waals surface area contributed by atoms with Gasteiger partial charge < -0.3 is 15.2 Å². The summed E-state index contributed by atoms with van der Waals surface area (Å²) in [5, 5.41) is 3.98. The van der Waals surface area contributed by atoms with E-state index in [-0.39, 0.29) is 17.6 Å². The Balaban J connectivity index is 1.31. The maximum absolute atomic E-state index is 14.1. The molecule has 8 heteroatoms. The predicted molar refractivity (Wildman–Crippen MR) is 139 cm³/mol. The number of amides is 1. The Morgan fingerprint density at radius 2 is 2.03 bits per heavy atom. The van der Waals surface area contributed by atoms with Crippen molar-refractivity contribution in [1.82, 2.24) is 20.3 Å². The number of piperidine rings is 1. The molecule has 2 aromatic heterocycles. The fourth-order valence-corrected chi connectivity index (χ4v) is 4.96. The van der Waals surface area contributed by atoms with E-state index in [1.54, 1.807) is 24.8 Å². The van der Waals surface area contributed by atoms with E-state index in [1.807, 2.05) is 18.4 Å². The molecule has 3 heterocycles. The fourth-order valence-electron chi connectivity index (χ4n) is 4.56. The molecule has 0 saturated carbocycles. The van der Waals surface area contributed by atoms with Crippen LogP contribution in [-0.2, 0) is 11.3 Å². The highest BCUT2D eigenvalue weighted by Gasteiger charge is 2.27. The molecule has 180 valence electrons. The van der Waals surface area contributed by atoms with Crippen LogP contribution >= 0.6 is 11.8 Å². The SMILES string of the molecule is CSc1ccc(CNC(=O)[C@H]2CCCN(c3ncnc4[nH]c(-c5ccc(C)c(F)c5)cc34)C2)cc1. The van der Waals surface area contributed by atoms with Crippen molar-refractivity contribution in [2.75, 3.05) is 24.2 Å². The summed E-state index contributed by atoms with van der Waals surface area (Å²) in [6.07, 6.45) is 5.35. The van der Waals surface area contributed by atoms with Gasteiger partial charge in [-0.15, -0.1) is 11.8 Å². The number of hydrogen-bond acceptors (Lipinski definition) is 5. The van der Waals surface area contributed by atoms with Crippen molar-refractivity contribution in [2.45, 2.75) is 31.2 Å². The van der Waals surface area contributed by atoms with Gasteiger partial charge in [0.2, 0.25) is 5.91 Å². The van der Waals surface area contributed by atoms with Crippen LogP contribution in [0.15, 0.2) is 59.8 Å². The normalized spacial score (nSPS) is 16.0. The van der Waals surface area contributed by atoms with Gasteiger partial charge >= 0.3 is 0 Å². The molecule has 6 nitrogen and oxygen atoms in total. The predicted octanol–water partition coefficient (Wildman–Crippen LogP) is 5.33. The molecule has 0 bridgehead atoms. The molecule has 0 radical (unpaired) electrons. The van der Waals surface area contributed by atoms with Crippen LogP contribution in [0.25, 0.3) is 22.3 Å². The lowest BCUT2D eigenvalue weighted by molar-refractivity contribution is -0.125. The Hall–Kier alpha value is -3.39. The maximum atomic E-state index is 14.1. The van der Waals surface area contributed by atoms with Crippen molar-refractivity contribution in [3.63, 3.8) is 0 Å². The van der Waals surface area contributed by atoms with E-state index < -0.39 is 0 Å². The number of H-pyrrole nitrogens is 1. The van der Waals surface area contributed by atoms with Crippen molar-refractivity contribution in [2.24, 2.45) is 5.92 Å². The lowest BCUT2D eigenvalue weighted by atomic mass is 9.96. The quantitative estimate of drug-likeness (QED) is 0.358. The summed E-state index contributed by atoms with van der Waals surface area (Å²) < 4.78 is 14.1. The largest absolute Gasteiger partial charge is 0.355 e. The fraction of sp³-hybridized carbons (Fsp3) is 0.296. The summed E-state index contributed by atoms with van der Waals surface area (Å²) in [4.78, 5) is 28.6. The second-order valence-corrected chi connectivity index (χ2v) is 9.84. The number of nitrogens with zero attached hydrogens (tertiary/aromatic N) is 3. The van der Waals surface area contributed by atoms with Gasteiger partial charge in [-0.3, -0.25) is 4.79 Å². The number of carbonyl (C=O) groups excluding carboxylic acids is 1. The third kappa shape index (κ3) is 5.03. The van der Waals surface area contributed by atoms with Crippen LogP contribution in [-0.4, -0.2) is 40.2 Å². The number of halogens is 1. The molecule has 0 aliphatic carbocycles. The minimum atomic E-state index is -0.238. The molecule has 2 aromatic carbocycles. The number of benzene rings is 2. The lowest BCUT2D eigenvalue weighted by Crippen LogP contribution is -2.43. The number of fused-ring (bicyclic) bond motifs is 1. The summed E-state index contributed by atoms with van der Waals surface area (Å²) in [6, 6.07) is 15.4. The van der Waals surface area contributed by atoms with Gasteiger partial charge in [-0.2, -0.15) is 0 Å². The smallest absolute Gasteiger partial charge is 0.225 e. The van der Waals surface area contributed by atoms with E-state index in [2.05, 4.69) is 49.4 Å². The zero-order valence-corrected chi connectivity index (χ0v) is 20.7. The Kier molecular flexibility index (Phi) is 6.72. The Labute approximate surface area is 208 Å². The van der Waals surface area contributed by atoms with E-state index in [1.165, 1.54) is 17.3 Å². The topological polar surface area (TPSA) is 73.9 Å². The van der Waals surface area contributed by atoms with Gasteiger partial charge in [0, 0.05) is 35.8 Å². The number of carbonyl (C=O) groups is 1. The Morgan fingerprint density at radius 3 is 2.80 bits per heavy atom. The number of rotatable bonds is 6. The molecule has 1 atom stereocenters. The van der Waals surface area contributed by atoms with Crippen molar-refractivity contribution in [1.29, 1.82) is 0 Å². The highest BCUT2D eigenvalue weighted by atomic mass is 32.2. The molecule has 1 aliphatic rings. The van der Waals surface area contributed by atoms with Crippen LogP contribution in [0.1, 0.15) is 24.0 Å². The molecular weight excluding hydrogens is 461 g/mol. The number of nitrogens with one attached hydrogen (secondary N) is 2. The second-order valence-electron chi connectivity index (χ2n) is 8.96. The summed E-state index contributed by atoms with van der Waals surface area (Å²) >= 11 is 1.70. The van der Waals surface area contributed by atoms with Gasteiger partial charge in [0.1, 0.15) is 23.6 Å². The van der Waals surface area contributed by atoms with E-state index in [9.17, 15) is 9.18 Å². The number of aromatic nitrogens is 3. The number of anilines is 1. The van der Waals surface area contributed by atoms with Crippen LogP contribution in [0.5, 0.6) is 0 Å². The summed E-state index contributed by atoms with van der Waals surface area (Å²) in [7, 11) is 0. The van der Waals surface area contributed by atoms with Gasteiger partial charge in [0.15, 0.2) is 0 Å². The number of hydrogen-bond donors (Lipinski definition) is 2. The molecule has 2 N–H and O–H groups in total. The average molecular weight is 490 g/mol. The molecule has 1 amide bonds. The monoisotopic (exact) mass is 489 g/mol.